The molecule has 1 saturated heterocycles. The molecular weight excluding hydrogens is 268 g/mol. The number of piperidine rings is 1. The maximum absolute atomic E-state index is 12.2. The lowest BCUT2D eigenvalue weighted by Gasteiger charge is -2.35. The summed E-state index contributed by atoms with van der Waals surface area (Å²) in [5.41, 5.74) is 0. The molecule has 1 aliphatic rings. The molecular formula is C16H30N2O3. The molecule has 2 N–H and O–H groups in total. The Balaban J connectivity index is 2.46. The van der Waals surface area contributed by atoms with Crippen LogP contribution in [0.5, 0.6) is 0 Å². The molecule has 0 aromatic carbocycles. The average molecular weight is 298 g/mol. The molecule has 1 rings (SSSR count). The second kappa shape index (κ2) is 8.25. The summed E-state index contributed by atoms with van der Waals surface area (Å²) in [6, 6.07) is -0.0486. The molecule has 5 nitrogen and oxygen atoms in total. The predicted octanol–water partition coefficient (Wildman–Crippen LogP) is 2.81. The zero-order chi connectivity index (χ0) is 16.0. The number of hydrogen-bond acceptors (Lipinski definition) is 2. The molecule has 3 unspecified atom stereocenters. The van der Waals surface area contributed by atoms with Gasteiger partial charge in [0.15, 0.2) is 0 Å². The van der Waals surface area contributed by atoms with E-state index in [0.717, 1.165) is 19.5 Å². The van der Waals surface area contributed by atoms with Gasteiger partial charge in [-0.2, -0.15) is 0 Å². The standard InChI is InChI=1S/C16H30N2O3/c1-11(2)5-14(7-15(19)20)8-17-16(21)18-9-12(3)6-13(4)10-18/h11-14H,5-10H2,1-4H3,(H,17,21)(H,19,20). The molecule has 3 atom stereocenters. The second-order valence-corrected chi connectivity index (χ2v) is 7.13. The number of carboxylic acids is 1. The minimum absolute atomic E-state index is 0.00564. The molecule has 5 heteroatoms. The van der Waals surface area contributed by atoms with Crippen molar-refractivity contribution in [2.75, 3.05) is 19.6 Å². The van der Waals surface area contributed by atoms with Crippen molar-refractivity contribution in [1.29, 1.82) is 0 Å². The van der Waals surface area contributed by atoms with Gasteiger partial charge in [0.05, 0.1) is 0 Å². The van der Waals surface area contributed by atoms with Crippen LogP contribution in [0.15, 0.2) is 0 Å². The predicted molar refractivity (Wildman–Crippen MR) is 83.1 cm³/mol. The Labute approximate surface area is 128 Å². The number of hydrogen-bond donors (Lipinski definition) is 2. The van der Waals surface area contributed by atoms with Gasteiger partial charge in [0.2, 0.25) is 0 Å². The van der Waals surface area contributed by atoms with Crippen molar-refractivity contribution in [2.24, 2.45) is 23.7 Å². The zero-order valence-electron chi connectivity index (χ0n) is 13.8. The van der Waals surface area contributed by atoms with Crippen LogP contribution in [0.2, 0.25) is 0 Å². The normalized spacial score (nSPS) is 24.0. The van der Waals surface area contributed by atoms with E-state index in [4.69, 9.17) is 5.11 Å². The van der Waals surface area contributed by atoms with Gasteiger partial charge in [0, 0.05) is 26.1 Å². The maximum Gasteiger partial charge on any atom is 0.317 e. The first-order valence-corrected chi connectivity index (χ1v) is 8.02. The number of nitrogens with one attached hydrogen (secondary N) is 1. The Bertz CT molecular complexity index is 347. The van der Waals surface area contributed by atoms with Gasteiger partial charge >= 0.3 is 12.0 Å². The highest BCUT2D eigenvalue weighted by Crippen LogP contribution is 2.21. The lowest BCUT2D eigenvalue weighted by molar-refractivity contribution is -0.138. The van der Waals surface area contributed by atoms with Crippen molar-refractivity contribution in [3.63, 3.8) is 0 Å². The zero-order valence-corrected chi connectivity index (χ0v) is 13.8. The van der Waals surface area contributed by atoms with Crippen LogP contribution in [-0.2, 0) is 4.79 Å². The molecule has 0 aromatic heterocycles. The molecule has 21 heavy (non-hydrogen) atoms. The van der Waals surface area contributed by atoms with E-state index >= 15 is 0 Å². The van der Waals surface area contributed by atoms with Crippen LogP contribution in [0, 0.1) is 23.7 Å². The van der Waals surface area contributed by atoms with Crippen LogP contribution in [0.3, 0.4) is 0 Å². The SMILES string of the molecule is CC(C)CC(CNC(=O)N1CC(C)CC(C)C1)CC(=O)O. The van der Waals surface area contributed by atoms with Crippen LogP contribution in [-0.4, -0.2) is 41.6 Å². The lowest BCUT2D eigenvalue weighted by Crippen LogP contribution is -2.48. The fraction of sp³-hybridized carbons (Fsp3) is 0.875. The minimum atomic E-state index is -0.796. The highest BCUT2D eigenvalue weighted by Gasteiger charge is 2.26. The summed E-state index contributed by atoms with van der Waals surface area (Å²) >= 11 is 0. The fourth-order valence-corrected chi connectivity index (χ4v) is 3.32. The molecule has 1 aliphatic heterocycles. The topological polar surface area (TPSA) is 69.6 Å². The van der Waals surface area contributed by atoms with Crippen molar-refractivity contribution in [3.05, 3.63) is 0 Å². The average Bonchev–Trinajstić information content (AvgIpc) is 2.32. The van der Waals surface area contributed by atoms with E-state index in [1.807, 2.05) is 4.90 Å². The quantitative estimate of drug-likeness (QED) is 0.792. The van der Waals surface area contributed by atoms with Crippen LogP contribution < -0.4 is 5.32 Å². The summed E-state index contributed by atoms with van der Waals surface area (Å²) in [4.78, 5) is 25.0. The number of carbonyl (C=O) groups is 2. The second-order valence-electron chi connectivity index (χ2n) is 7.13. The minimum Gasteiger partial charge on any atom is -0.481 e. The molecule has 0 aliphatic carbocycles. The molecule has 2 amide bonds. The smallest absolute Gasteiger partial charge is 0.317 e. The number of urea groups is 1. The fourth-order valence-electron chi connectivity index (χ4n) is 3.32. The van der Waals surface area contributed by atoms with E-state index in [1.54, 1.807) is 0 Å². The Morgan fingerprint density at radius 1 is 1.24 bits per heavy atom. The van der Waals surface area contributed by atoms with E-state index in [-0.39, 0.29) is 18.4 Å². The molecule has 1 fully saturated rings. The van der Waals surface area contributed by atoms with E-state index in [9.17, 15) is 9.59 Å². The summed E-state index contributed by atoms with van der Waals surface area (Å²) in [7, 11) is 0. The van der Waals surface area contributed by atoms with E-state index in [0.29, 0.717) is 24.3 Å². The lowest BCUT2D eigenvalue weighted by atomic mass is 9.92. The maximum atomic E-state index is 12.2. The summed E-state index contributed by atoms with van der Waals surface area (Å²) in [6.45, 7) is 10.5. The number of aliphatic carboxylic acids is 1. The highest BCUT2D eigenvalue weighted by atomic mass is 16.4. The summed E-state index contributed by atoms with van der Waals surface area (Å²) in [6.07, 6.45) is 2.10. The van der Waals surface area contributed by atoms with Crippen molar-refractivity contribution in [1.82, 2.24) is 10.2 Å². The van der Waals surface area contributed by atoms with E-state index < -0.39 is 5.97 Å². The molecule has 0 radical (unpaired) electrons. The Hall–Kier alpha value is -1.26. The molecule has 0 aromatic rings. The van der Waals surface area contributed by atoms with E-state index in [2.05, 4.69) is 33.0 Å². The van der Waals surface area contributed by atoms with Crippen molar-refractivity contribution < 1.29 is 14.7 Å². The monoisotopic (exact) mass is 298 g/mol. The van der Waals surface area contributed by atoms with Crippen molar-refractivity contribution in [3.8, 4) is 0 Å². The van der Waals surface area contributed by atoms with E-state index in [1.165, 1.54) is 6.42 Å². The molecule has 1 heterocycles. The summed E-state index contributed by atoms with van der Waals surface area (Å²) < 4.78 is 0. The number of carbonyl (C=O) groups excluding carboxylic acids is 1. The Morgan fingerprint density at radius 3 is 2.29 bits per heavy atom. The van der Waals surface area contributed by atoms with Gasteiger partial charge in [-0.1, -0.05) is 27.7 Å². The number of rotatable bonds is 6. The molecule has 0 spiro atoms. The molecule has 0 bridgehead atoms. The Morgan fingerprint density at radius 2 is 1.81 bits per heavy atom. The largest absolute Gasteiger partial charge is 0.481 e. The molecule has 0 saturated carbocycles. The highest BCUT2D eigenvalue weighted by molar-refractivity contribution is 5.74. The third-order valence-corrected chi connectivity index (χ3v) is 3.97. The van der Waals surface area contributed by atoms with Gasteiger partial charge in [-0.05, 0) is 36.5 Å². The summed E-state index contributed by atoms with van der Waals surface area (Å²) in [5.74, 6) is 0.706. The number of nitrogens with zero attached hydrogens (tertiary/aromatic N) is 1. The third-order valence-electron chi connectivity index (χ3n) is 3.97. The van der Waals surface area contributed by atoms with Crippen molar-refractivity contribution in [2.45, 2.75) is 47.0 Å². The molecule has 122 valence electrons. The Kier molecular flexibility index (Phi) is 6.99. The summed E-state index contributed by atoms with van der Waals surface area (Å²) in [5, 5.41) is 11.9. The number of carboxylic acid groups (broad SMARTS) is 1. The van der Waals surface area contributed by atoms with Gasteiger partial charge in [-0.15, -0.1) is 0 Å². The van der Waals surface area contributed by atoms with Crippen molar-refractivity contribution >= 4 is 12.0 Å². The third kappa shape index (κ3) is 6.82. The van der Waals surface area contributed by atoms with Crippen LogP contribution in [0.4, 0.5) is 4.79 Å². The van der Waals surface area contributed by atoms with Crippen LogP contribution in [0.1, 0.15) is 47.0 Å². The van der Waals surface area contributed by atoms with Crippen LogP contribution in [0.25, 0.3) is 0 Å². The van der Waals surface area contributed by atoms with Gasteiger partial charge in [0.1, 0.15) is 0 Å². The van der Waals surface area contributed by atoms with Gasteiger partial charge in [0.25, 0.3) is 0 Å². The number of likely N-dealkylation sites (tertiary alicyclic amines) is 1. The first kappa shape index (κ1) is 17.8. The van der Waals surface area contributed by atoms with Gasteiger partial charge in [-0.3, -0.25) is 4.79 Å². The van der Waals surface area contributed by atoms with Crippen LogP contribution >= 0.6 is 0 Å². The number of amides is 2. The van der Waals surface area contributed by atoms with Gasteiger partial charge in [-0.25, -0.2) is 4.79 Å². The van der Waals surface area contributed by atoms with Gasteiger partial charge < -0.3 is 15.3 Å². The first-order chi connectivity index (χ1) is 9.77. The first-order valence-electron chi connectivity index (χ1n) is 8.02.